The van der Waals surface area contributed by atoms with Gasteiger partial charge in [-0.15, -0.1) is 0 Å². The van der Waals surface area contributed by atoms with Gasteiger partial charge in [-0.2, -0.15) is 0 Å². The summed E-state index contributed by atoms with van der Waals surface area (Å²) < 4.78 is 0. The lowest BCUT2D eigenvalue weighted by molar-refractivity contribution is -0.197. The molecule has 1 aliphatic carbocycles. The minimum atomic E-state index is -0.772. The maximum absolute atomic E-state index is 13.9. The molecular formula is C22H40O2. The van der Waals surface area contributed by atoms with E-state index in [2.05, 4.69) is 41.5 Å². The minimum absolute atomic E-state index is 0.213. The van der Waals surface area contributed by atoms with Gasteiger partial charge >= 0.3 is 0 Å². The molecule has 0 aromatic carbocycles. The predicted octanol–water partition coefficient (Wildman–Crippen LogP) is 6.36. The van der Waals surface area contributed by atoms with Crippen LogP contribution in [0.2, 0.25) is 0 Å². The summed E-state index contributed by atoms with van der Waals surface area (Å²) in [6.07, 6.45) is 6.51. The van der Waals surface area contributed by atoms with E-state index in [9.17, 15) is 9.59 Å². The maximum Gasteiger partial charge on any atom is 0.153 e. The number of rotatable bonds is 8. The molecule has 0 saturated heterocycles. The molecule has 0 aliphatic heterocycles. The zero-order chi connectivity index (χ0) is 18.8. The minimum Gasteiger partial charge on any atom is -0.298 e. The molecule has 1 fully saturated rings. The van der Waals surface area contributed by atoms with Crippen LogP contribution in [0.3, 0.4) is 0 Å². The Balaban J connectivity index is 4.00. The Morgan fingerprint density at radius 2 is 0.792 bits per heavy atom. The Kier molecular flexibility index (Phi) is 6.50. The van der Waals surface area contributed by atoms with Crippen LogP contribution >= 0.6 is 0 Å². The van der Waals surface area contributed by atoms with Crippen LogP contribution in [0.1, 0.15) is 107 Å². The van der Waals surface area contributed by atoms with E-state index in [1.54, 1.807) is 0 Å². The highest BCUT2D eigenvalue weighted by Crippen LogP contribution is 2.70. The lowest BCUT2D eigenvalue weighted by Gasteiger charge is -2.66. The largest absolute Gasteiger partial charge is 0.298 e. The van der Waals surface area contributed by atoms with Crippen LogP contribution in [-0.2, 0) is 9.59 Å². The summed E-state index contributed by atoms with van der Waals surface area (Å²) in [6, 6.07) is 0. The van der Waals surface area contributed by atoms with E-state index in [0.29, 0.717) is 12.8 Å². The fourth-order valence-electron chi connectivity index (χ4n) is 6.90. The van der Waals surface area contributed by atoms with Crippen molar-refractivity contribution < 1.29 is 9.59 Å². The summed E-state index contributed by atoms with van der Waals surface area (Å²) in [5.74, 6) is 0.521. The van der Waals surface area contributed by atoms with Gasteiger partial charge in [-0.25, -0.2) is 0 Å². The molecule has 0 N–H and O–H groups in total. The second-order valence-electron chi connectivity index (χ2n) is 7.82. The fourth-order valence-corrected chi connectivity index (χ4v) is 6.90. The van der Waals surface area contributed by atoms with Gasteiger partial charge in [0.25, 0.3) is 0 Å². The summed E-state index contributed by atoms with van der Waals surface area (Å²) in [7, 11) is 0. The molecule has 2 nitrogen and oxygen atoms in total. The SMILES string of the molecule is CCC1(CC)C(=O)C(CC)(CC)C(CC)(CC)C(CC)(CC)C1=O. The molecule has 1 aliphatic rings. The van der Waals surface area contributed by atoms with Crippen molar-refractivity contribution in [3.63, 3.8) is 0 Å². The number of carbonyl (C=O) groups excluding carboxylic acids is 2. The normalized spacial score (nSPS) is 24.2. The van der Waals surface area contributed by atoms with Gasteiger partial charge in [-0.05, 0) is 56.8 Å². The van der Waals surface area contributed by atoms with E-state index in [4.69, 9.17) is 0 Å². The summed E-state index contributed by atoms with van der Waals surface area (Å²) >= 11 is 0. The highest BCUT2D eigenvalue weighted by atomic mass is 16.2. The van der Waals surface area contributed by atoms with E-state index < -0.39 is 5.41 Å². The van der Waals surface area contributed by atoms with Crippen molar-refractivity contribution in [2.24, 2.45) is 21.7 Å². The Morgan fingerprint density at radius 1 is 0.500 bits per heavy atom. The molecule has 0 aromatic rings. The van der Waals surface area contributed by atoms with Crippen molar-refractivity contribution in [2.75, 3.05) is 0 Å². The van der Waals surface area contributed by atoms with Crippen LogP contribution in [0.5, 0.6) is 0 Å². The first-order chi connectivity index (χ1) is 11.3. The first-order valence-corrected chi connectivity index (χ1v) is 10.4. The Labute approximate surface area is 150 Å². The maximum atomic E-state index is 13.9. The summed E-state index contributed by atoms with van der Waals surface area (Å²) in [4.78, 5) is 27.9. The molecule has 1 saturated carbocycles. The predicted molar refractivity (Wildman–Crippen MR) is 102 cm³/mol. The molecule has 1 rings (SSSR count). The van der Waals surface area contributed by atoms with Crippen LogP contribution in [0.4, 0.5) is 0 Å². The lowest BCUT2D eigenvalue weighted by atomic mass is 9.35. The van der Waals surface area contributed by atoms with Gasteiger partial charge in [0.1, 0.15) is 0 Å². The molecule has 0 amide bonds. The quantitative estimate of drug-likeness (QED) is 0.483. The van der Waals surface area contributed by atoms with Crippen molar-refractivity contribution >= 4 is 11.6 Å². The van der Waals surface area contributed by atoms with Gasteiger partial charge in [0.05, 0.1) is 5.41 Å². The van der Waals surface area contributed by atoms with Crippen LogP contribution in [-0.4, -0.2) is 11.6 Å². The lowest BCUT2D eigenvalue weighted by Crippen LogP contribution is -2.70. The van der Waals surface area contributed by atoms with E-state index in [0.717, 1.165) is 38.5 Å². The zero-order valence-electron chi connectivity index (χ0n) is 17.5. The molecule has 24 heavy (non-hydrogen) atoms. The molecule has 140 valence electrons. The molecule has 0 spiro atoms. The van der Waals surface area contributed by atoms with Gasteiger partial charge in [0, 0.05) is 10.8 Å². The third-order valence-corrected chi connectivity index (χ3v) is 8.40. The van der Waals surface area contributed by atoms with Crippen molar-refractivity contribution in [2.45, 2.75) is 107 Å². The van der Waals surface area contributed by atoms with Crippen LogP contribution in [0.25, 0.3) is 0 Å². The van der Waals surface area contributed by atoms with E-state index >= 15 is 0 Å². The highest BCUT2D eigenvalue weighted by molar-refractivity contribution is 6.14. The number of ketones is 2. The molecule has 0 aromatic heterocycles. The van der Waals surface area contributed by atoms with Crippen molar-refractivity contribution in [3.8, 4) is 0 Å². The molecule has 0 radical (unpaired) electrons. The first-order valence-electron chi connectivity index (χ1n) is 10.4. The van der Waals surface area contributed by atoms with Crippen LogP contribution < -0.4 is 0 Å². The fraction of sp³-hybridized carbons (Fsp3) is 0.909. The van der Waals surface area contributed by atoms with E-state index in [1.807, 2.05) is 13.8 Å². The van der Waals surface area contributed by atoms with Crippen molar-refractivity contribution in [1.82, 2.24) is 0 Å². The Hall–Kier alpha value is -0.660. The second-order valence-corrected chi connectivity index (χ2v) is 7.82. The van der Waals surface area contributed by atoms with Crippen LogP contribution in [0.15, 0.2) is 0 Å². The van der Waals surface area contributed by atoms with Crippen LogP contribution in [0, 0.1) is 21.7 Å². The molecular weight excluding hydrogens is 296 g/mol. The third kappa shape index (κ3) is 2.07. The third-order valence-electron chi connectivity index (χ3n) is 8.40. The average molecular weight is 337 g/mol. The summed E-state index contributed by atoms with van der Waals surface area (Å²) in [5, 5.41) is 0. The monoisotopic (exact) mass is 336 g/mol. The Bertz CT molecular complexity index is 422. The topological polar surface area (TPSA) is 34.1 Å². The first kappa shape index (κ1) is 21.4. The molecule has 0 unspecified atom stereocenters. The summed E-state index contributed by atoms with van der Waals surface area (Å²) in [5.41, 5.74) is -1.73. The Morgan fingerprint density at radius 3 is 0.958 bits per heavy atom. The summed E-state index contributed by atoms with van der Waals surface area (Å²) in [6.45, 7) is 17.2. The second kappa shape index (κ2) is 7.30. The van der Waals surface area contributed by atoms with E-state index in [1.165, 1.54) is 0 Å². The number of Topliss-reactive ketones (excluding diaryl/α,β-unsaturated/α-hetero) is 2. The molecule has 0 bridgehead atoms. The highest BCUT2D eigenvalue weighted by Gasteiger charge is 2.73. The van der Waals surface area contributed by atoms with E-state index in [-0.39, 0.29) is 27.8 Å². The van der Waals surface area contributed by atoms with Gasteiger partial charge in [-0.3, -0.25) is 9.59 Å². The van der Waals surface area contributed by atoms with Crippen molar-refractivity contribution in [1.29, 1.82) is 0 Å². The number of hydrogen-bond donors (Lipinski definition) is 0. The van der Waals surface area contributed by atoms with Crippen molar-refractivity contribution in [3.05, 3.63) is 0 Å². The van der Waals surface area contributed by atoms with Gasteiger partial charge < -0.3 is 0 Å². The zero-order valence-corrected chi connectivity index (χ0v) is 17.5. The molecule has 2 heteroatoms. The van der Waals surface area contributed by atoms with Gasteiger partial charge in [0.15, 0.2) is 11.6 Å². The van der Waals surface area contributed by atoms with Gasteiger partial charge in [-0.1, -0.05) is 55.4 Å². The number of carbonyl (C=O) groups is 2. The molecule has 0 heterocycles. The smallest absolute Gasteiger partial charge is 0.153 e. The standard InChI is InChI=1S/C22H40O2/c1-9-19(10-2)17(23)20(11-3,12-4)22(15-7,16-8)21(13-5,14-6)18(19)24/h9-16H2,1-8H3. The molecule has 0 atom stereocenters. The van der Waals surface area contributed by atoms with Gasteiger partial charge in [0.2, 0.25) is 0 Å². The average Bonchev–Trinajstić information content (AvgIpc) is 2.63. The number of hydrogen-bond acceptors (Lipinski definition) is 2.